The van der Waals surface area contributed by atoms with E-state index in [-0.39, 0.29) is 11.2 Å². The molecule has 1 atom stereocenters. The summed E-state index contributed by atoms with van der Waals surface area (Å²) in [6, 6.07) is 6.94. The maximum Gasteiger partial charge on any atom is 0.164 e. The summed E-state index contributed by atoms with van der Waals surface area (Å²) in [6.45, 7) is 2.12. The molecular formula is C13H16Cl2O. The van der Waals surface area contributed by atoms with Gasteiger partial charge in [0.1, 0.15) is 0 Å². The van der Waals surface area contributed by atoms with Crippen molar-refractivity contribution in [1.29, 1.82) is 0 Å². The first-order valence-corrected chi connectivity index (χ1v) is 6.37. The second-order valence-electron chi connectivity index (χ2n) is 3.87. The van der Waals surface area contributed by atoms with Crippen molar-refractivity contribution in [1.82, 2.24) is 0 Å². The molecule has 0 bridgehead atoms. The van der Waals surface area contributed by atoms with E-state index in [0.717, 1.165) is 19.3 Å². The van der Waals surface area contributed by atoms with Crippen LogP contribution < -0.4 is 0 Å². The molecule has 0 N–H and O–H groups in total. The topological polar surface area (TPSA) is 17.1 Å². The van der Waals surface area contributed by atoms with Gasteiger partial charge < -0.3 is 0 Å². The minimum absolute atomic E-state index is 0.0527. The molecule has 0 aliphatic rings. The Morgan fingerprint density at radius 1 is 1.31 bits per heavy atom. The van der Waals surface area contributed by atoms with Gasteiger partial charge in [-0.15, -0.1) is 11.6 Å². The highest BCUT2D eigenvalue weighted by molar-refractivity contribution is 6.30. The van der Waals surface area contributed by atoms with Gasteiger partial charge in [0.05, 0.1) is 0 Å². The Labute approximate surface area is 107 Å². The zero-order chi connectivity index (χ0) is 12.0. The summed E-state index contributed by atoms with van der Waals surface area (Å²) in [7, 11) is 0. The van der Waals surface area contributed by atoms with Crippen molar-refractivity contribution in [2.24, 2.45) is 0 Å². The van der Waals surface area contributed by atoms with Crippen molar-refractivity contribution in [3.8, 4) is 0 Å². The number of halogens is 2. The van der Waals surface area contributed by atoms with Crippen LogP contribution in [0.5, 0.6) is 0 Å². The number of alkyl halides is 1. The predicted molar refractivity (Wildman–Crippen MR) is 69.6 cm³/mol. The summed E-state index contributed by atoms with van der Waals surface area (Å²) < 4.78 is 0. The minimum atomic E-state index is -0.0527. The van der Waals surface area contributed by atoms with Crippen molar-refractivity contribution in [3.63, 3.8) is 0 Å². The third-order valence-corrected chi connectivity index (χ3v) is 3.07. The van der Waals surface area contributed by atoms with Crippen molar-refractivity contribution in [3.05, 3.63) is 34.9 Å². The number of rotatable bonds is 6. The first kappa shape index (κ1) is 13.5. The van der Waals surface area contributed by atoms with Crippen molar-refractivity contribution >= 4 is 29.0 Å². The Balaban J connectivity index is 2.48. The largest absolute Gasteiger partial charge is 0.294 e. The van der Waals surface area contributed by atoms with E-state index in [4.69, 9.17) is 23.2 Å². The maximum atomic E-state index is 11.8. The molecule has 1 aromatic rings. The Morgan fingerprint density at radius 2 is 1.94 bits per heavy atom. The molecule has 0 saturated carbocycles. The predicted octanol–water partition coefficient (Wildman–Crippen LogP) is 4.71. The molecule has 88 valence electrons. The fraction of sp³-hybridized carbons (Fsp3) is 0.462. The van der Waals surface area contributed by atoms with Gasteiger partial charge in [0.15, 0.2) is 5.78 Å². The highest BCUT2D eigenvalue weighted by Crippen LogP contribution is 2.16. The van der Waals surface area contributed by atoms with Gasteiger partial charge >= 0.3 is 0 Å². The summed E-state index contributed by atoms with van der Waals surface area (Å²) >= 11 is 11.8. The lowest BCUT2D eigenvalue weighted by Gasteiger charge is -2.07. The Morgan fingerprint density at radius 3 is 2.50 bits per heavy atom. The molecule has 0 fully saturated rings. The van der Waals surface area contributed by atoms with E-state index in [1.165, 1.54) is 0 Å². The van der Waals surface area contributed by atoms with Crippen LogP contribution in [-0.2, 0) is 0 Å². The molecule has 1 aromatic carbocycles. The fourth-order valence-corrected chi connectivity index (χ4v) is 1.90. The zero-order valence-corrected chi connectivity index (χ0v) is 10.9. The molecule has 0 amide bonds. The number of benzene rings is 1. The molecule has 16 heavy (non-hydrogen) atoms. The number of hydrogen-bond acceptors (Lipinski definition) is 1. The van der Waals surface area contributed by atoms with E-state index in [0.29, 0.717) is 17.0 Å². The molecule has 0 heterocycles. The molecule has 0 saturated heterocycles. The Bertz CT molecular complexity index is 332. The summed E-state index contributed by atoms with van der Waals surface area (Å²) in [5.74, 6) is 0.0905. The van der Waals surface area contributed by atoms with Gasteiger partial charge in [-0.25, -0.2) is 0 Å². The fourth-order valence-electron chi connectivity index (χ4n) is 1.48. The van der Waals surface area contributed by atoms with E-state index in [9.17, 15) is 4.79 Å². The normalized spacial score (nSPS) is 12.4. The molecule has 0 aliphatic heterocycles. The SMILES string of the molecule is CCCCC(Cl)CC(=O)c1ccc(Cl)cc1. The molecule has 0 aromatic heterocycles. The van der Waals surface area contributed by atoms with Gasteiger partial charge in [-0.05, 0) is 30.7 Å². The summed E-state index contributed by atoms with van der Waals surface area (Å²) in [6.07, 6.45) is 3.49. The van der Waals surface area contributed by atoms with Crippen molar-refractivity contribution in [2.45, 2.75) is 38.0 Å². The van der Waals surface area contributed by atoms with Crippen LogP contribution >= 0.6 is 23.2 Å². The van der Waals surface area contributed by atoms with E-state index < -0.39 is 0 Å². The summed E-state index contributed by atoms with van der Waals surface area (Å²) in [5.41, 5.74) is 0.687. The van der Waals surface area contributed by atoms with E-state index in [1.807, 2.05) is 0 Å². The number of Topliss-reactive ketones (excluding diaryl/α,β-unsaturated/α-hetero) is 1. The third kappa shape index (κ3) is 4.54. The zero-order valence-electron chi connectivity index (χ0n) is 9.38. The van der Waals surface area contributed by atoms with Gasteiger partial charge in [-0.1, -0.05) is 31.4 Å². The lowest BCUT2D eigenvalue weighted by molar-refractivity contribution is 0.0980. The summed E-state index contributed by atoms with van der Waals surface area (Å²) in [5, 5.41) is 0.591. The Hall–Kier alpha value is -0.530. The monoisotopic (exact) mass is 258 g/mol. The smallest absolute Gasteiger partial charge is 0.164 e. The van der Waals surface area contributed by atoms with Gasteiger partial charge in [-0.3, -0.25) is 4.79 Å². The van der Waals surface area contributed by atoms with Crippen LogP contribution in [0.15, 0.2) is 24.3 Å². The average Bonchev–Trinajstić information content (AvgIpc) is 2.27. The lowest BCUT2D eigenvalue weighted by atomic mass is 10.0. The van der Waals surface area contributed by atoms with Crippen LogP contribution in [0.2, 0.25) is 5.02 Å². The quantitative estimate of drug-likeness (QED) is 0.534. The van der Waals surface area contributed by atoms with Crippen LogP contribution in [0.1, 0.15) is 43.0 Å². The molecule has 1 nitrogen and oxygen atoms in total. The molecule has 3 heteroatoms. The lowest BCUT2D eigenvalue weighted by Crippen LogP contribution is -2.08. The number of hydrogen-bond donors (Lipinski definition) is 0. The molecule has 0 radical (unpaired) electrons. The Kier molecular flexibility index (Phi) is 5.86. The van der Waals surface area contributed by atoms with Crippen LogP contribution in [-0.4, -0.2) is 11.2 Å². The van der Waals surface area contributed by atoms with E-state index >= 15 is 0 Å². The van der Waals surface area contributed by atoms with Gasteiger partial charge in [-0.2, -0.15) is 0 Å². The number of unbranched alkanes of at least 4 members (excludes halogenated alkanes) is 1. The molecule has 0 spiro atoms. The standard InChI is InChI=1S/C13H16Cl2O/c1-2-3-4-12(15)9-13(16)10-5-7-11(14)8-6-10/h5-8,12H,2-4,9H2,1H3. The summed E-state index contributed by atoms with van der Waals surface area (Å²) in [4.78, 5) is 11.8. The van der Waals surface area contributed by atoms with Crippen molar-refractivity contribution in [2.75, 3.05) is 0 Å². The first-order chi connectivity index (χ1) is 7.63. The second-order valence-corrected chi connectivity index (χ2v) is 4.93. The highest BCUT2D eigenvalue weighted by Gasteiger charge is 2.12. The van der Waals surface area contributed by atoms with Gasteiger partial charge in [0.25, 0.3) is 0 Å². The number of carbonyl (C=O) groups is 1. The third-order valence-electron chi connectivity index (χ3n) is 2.44. The van der Waals surface area contributed by atoms with Crippen LogP contribution in [0.25, 0.3) is 0 Å². The van der Waals surface area contributed by atoms with E-state index in [2.05, 4.69) is 6.92 Å². The van der Waals surface area contributed by atoms with Crippen molar-refractivity contribution < 1.29 is 4.79 Å². The molecular weight excluding hydrogens is 243 g/mol. The molecule has 1 rings (SSSR count). The first-order valence-electron chi connectivity index (χ1n) is 5.56. The molecule has 0 aliphatic carbocycles. The van der Waals surface area contributed by atoms with Gasteiger partial charge in [0, 0.05) is 22.4 Å². The minimum Gasteiger partial charge on any atom is -0.294 e. The van der Waals surface area contributed by atoms with Crippen LogP contribution in [0.4, 0.5) is 0 Å². The molecule has 1 unspecified atom stereocenters. The van der Waals surface area contributed by atoms with E-state index in [1.54, 1.807) is 24.3 Å². The number of carbonyl (C=O) groups excluding carboxylic acids is 1. The average molecular weight is 259 g/mol. The van der Waals surface area contributed by atoms with Gasteiger partial charge in [0.2, 0.25) is 0 Å². The maximum absolute atomic E-state index is 11.8. The van der Waals surface area contributed by atoms with Crippen LogP contribution in [0.3, 0.4) is 0 Å². The second kappa shape index (κ2) is 6.93. The van der Waals surface area contributed by atoms with Crippen LogP contribution in [0, 0.1) is 0 Å². The highest BCUT2D eigenvalue weighted by atomic mass is 35.5. The number of ketones is 1.